The molecule has 30 heavy (non-hydrogen) atoms. The van der Waals surface area contributed by atoms with Crippen molar-refractivity contribution < 1.29 is 18.7 Å². The van der Waals surface area contributed by atoms with Crippen LogP contribution >= 0.6 is 0 Å². The molecule has 1 N–H and O–H groups in total. The first-order chi connectivity index (χ1) is 14.6. The van der Waals surface area contributed by atoms with E-state index in [1.807, 2.05) is 41.1 Å². The Bertz CT molecular complexity index is 1080. The fourth-order valence-electron chi connectivity index (χ4n) is 3.03. The number of fused-ring (bicyclic) bond motifs is 1. The third-order valence-electron chi connectivity index (χ3n) is 4.49. The quantitative estimate of drug-likeness (QED) is 0.334. The van der Waals surface area contributed by atoms with Crippen LogP contribution in [0, 0.1) is 17.1 Å². The number of ether oxygens (including phenoxy) is 2. The second-order valence-corrected chi connectivity index (χ2v) is 6.52. The molecule has 0 aliphatic rings. The summed E-state index contributed by atoms with van der Waals surface area (Å²) in [6.07, 6.45) is 3.47. The number of amides is 1. The largest absolute Gasteiger partial charge is 0.492 e. The summed E-state index contributed by atoms with van der Waals surface area (Å²) >= 11 is 0. The van der Waals surface area contributed by atoms with Crippen molar-refractivity contribution in [2.75, 3.05) is 26.9 Å². The fraction of sp³-hybridized carbons (Fsp3) is 0.217. The number of hydrogen-bond acceptors (Lipinski definition) is 4. The summed E-state index contributed by atoms with van der Waals surface area (Å²) in [6.45, 7) is 1.64. The van der Waals surface area contributed by atoms with Crippen LogP contribution < -0.4 is 10.1 Å². The van der Waals surface area contributed by atoms with Crippen LogP contribution in [0.2, 0.25) is 0 Å². The Morgan fingerprint density at radius 2 is 1.97 bits per heavy atom. The number of nitrogens with one attached hydrogen (secondary N) is 1. The number of carbonyl (C=O) groups is 1. The van der Waals surface area contributed by atoms with Crippen LogP contribution in [-0.2, 0) is 16.1 Å². The molecule has 1 aromatic heterocycles. The predicted octanol–water partition coefficient (Wildman–Crippen LogP) is 3.53. The van der Waals surface area contributed by atoms with Gasteiger partial charge in [0.05, 0.1) is 13.2 Å². The molecule has 0 saturated carbocycles. The van der Waals surface area contributed by atoms with Crippen LogP contribution in [0.25, 0.3) is 17.0 Å². The monoisotopic (exact) mass is 407 g/mol. The Balaban J connectivity index is 1.78. The molecule has 6 nitrogen and oxygen atoms in total. The van der Waals surface area contributed by atoms with Gasteiger partial charge in [0.1, 0.15) is 29.8 Å². The van der Waals surface area contributed by atoms with Gasteiger partial charge in [0, 0.05) is 36.3 Å². The summed E-state index contributed by atoms with van der Waals surface area (Å²) in [5, 5.41) is 13.0. The first kappa shape index (κ1) is 21.1. The Kier molecular flexibility index (Phi) is 7.19. The minimum atomic E-state index is -0.439. The van der Waals surface area contributed by atoms with E-state index >= 15 is 0 Å². The van der Waals surface area contributed by atoms with Gasteiger partial charge in [0.25, 0.3) is 5.91 Å². The highest BCUT2D eigenvalue weighted by Gasteiger charge is 2.12. The molecule has 7 heteroatoms. The van der Waals surface area contributed by atoms with Crippen molar-refractivity contribution in [2.45, 2.75) is 6.54 Å². The molecule has 0 spiro atoms. The molecular weight excluding hydrogens is 385 g/mol. The number of nitriles is 1. The molecule has 0 saturated heterocycles. The van der Waals surface area contributed by atoms with Gasteiger partial charge in [-0.3, -0.25) is 4.79 Å². The molecule has 0 atom stereocenters. The van der Waals surface area contributed by atoms with Gasteiger partial charge < -0.3 is 19.4 Å². The van der Waals surface area contributed by atoms with Gasteiger partial charge in [-0.15, -0.1) is 0 Å². The average Bonchev–Trinajstić information content (AvgIpc) is 3.11. The Labute approximate surface area is 174 Å². The first-order valence-electron chi connectivity index (χ1n) is 9.47. The Hall–Kier alpha value is -3.63. The van der Waals surface area contributed by atoms with E-state index in [0.29, 0.717) is 32.1 Å². The van der Waals surface area contributed by atoms with Crippen LogP contribution in [-0.4, -0.2) is 37.3 Å². The van der Waals surface area contributed by atoms with Crippen LogP contribution in [0.1, 0.15) is 5.56 Å². The standard InChI is InChI=1S/C23H22FN3O3/c1-29-12-10-26-23(28)17(15-25)14-18-16-27(22-5-3-2-4-21(18)22)11-13-30-20-8-6-19(24)7-9-20/h2-9,14,16H,10-13H2,1H3,(H,26,28)/b17-14+. The summed E-state index contributed by atoms with van der Waals surface area (Å²) in [4.78, 5) is 12.2. The van der Waals surface area contributed by atoms with E-state index in [2.05, 4.69) is 5.32 Å². The van der Waals surface area contributed by atoms with E-state index in [-0.39, 0.29) is 11.4 Å². The Morgan fingerprint density at radius 3 is 2.70 bits per heavy atom. The summed E-state index contributed by atoms with van der Waals surface area (Å²) in [6, 6.07) is 15.6. The number of hydrogen-bond donors (Lipinski definition) is 1. The topological polar surface area (TPSA) is 76.3 Å². The van der Waals surface area contributed by atoms with Gasteiger partial charge >= 0.3 is 0 Å². The van der Waals surface area contributed by atoms with Gasteiger partial charge in [-0.25, -0.2) is 4.39 Å². The summed E-state index contributed by atoms with van der Waals surface area (Å²) in [5.41, 5.74) is 1.76. The normalized spacial score (nSPS) is 11.3. The molecule has 1 heterocycles. The number of nitrogens with zero attached hydrogens (tertiary/aromatic N) is 2. The lowest BCUT2D eigenvalue weighted by atomic mass is 10.1. The maximum Gasteiger partial charge on any atom is 0.262 e. The van der Waals surface area contributed by atoms with Crippen LogP contribution in [0.4, 0.5) is 4.39 Å². The van der Waals surface area contributed by atoms with Crippen LogP contribution in [0.15, 0.2) is 60.3 Å². The van der Waals surface area contributed by atoms with Crippen LogP contribution in [0.5, 0.6) is 5.75 Å². The molecule has 0 fully saturated rings. The van der Waals surface area contributed by atoms with Gasteiger partial charge in [-0.1, -0.05) is 18.2 Å². The average molecular weight is 407 g/mol. The highest BCUT2D eigenvalue weighted by Crippen LogP contribution is 2.24. The number of para-hydroxylation sites is 1. The number of benzene rings is 2. The molecule has 2 aromatic carbocycles. The molecule has 0 radical (unpaired) electrons. The lowest BCUT2D eigenvalue weighted by Gasteiger charge is -2.08. The molecule has 1 amide bonds. The van der Waals surface area contributed by atoms with E-state index in [1.165, 1.54) is 12.1 Å². The summed E-state index contributed by atoms with van der Waals surface area (Å²) < 4.78 is 25.6. The lowest BCUT2D eigenvalue weighted by molar-refractivity contribution is -0.117. The highest BCUT2D eigenvalue weighted by atomic mass is 19.1. The molecule has 3 rings (SSSR count). The van der Waals surface area contributed by atoms with Crippen molar-refractivity contribution in [3.8, 4) is 11.8 Å². The van der Waals surface area contributed by atoms with E-state index in [4.69, 9.17) is 9.47 Å². The van der Waals surface area contributed by atoms with Crippen molar-refractivity contribution in [2.24, 2.45) is 0 Å². The number of rotatable bonds is 9. The van der Waals surface area contributed by atoms with Gasteiger partial charge in [0.2, 0.25) is 0 Å². The second kappa shape index (κ2) is 10.2. The number of aromatic nitrogens is 1. The number of carbonyl (C=O) groups excluding carboxylic acids is 1. The van der Waals surface area contributed by atoms with Crippen molar-refractivity contribution >= 4 is 22.9 Å². The molecule has 0 aliphatic carbocycles. The van der Waals surface area contributed by atoms with Gasteiger partial charge in [0.15, 0.2) is 0 Å². The van der Waals surface area contributed by atoms with E-state index in [0.717, 1.165) is 16.5 Å². The van der Waals surface area contributed by atoms with E-state index < -0.39 is 5.91 Å². The van der Waals surface area contributed by atoms with Crippen molar-refractivity contribution in [1.82, 2.24) is 9.88 Å². The summed E-state index contributed by atoms with van der Waals surface area (Å²) in [5.74, 6) is -0.159. The van der Waals surface area contributed by atoms with Crippen molar-refractivity contribution in [1.29, 1.82) is 5.26 Å². The zero-order chi connectivity index (χ0) is 21.3. The molecule has 0 aliphatic heterocycles. The maximum atomic E-state index is 13.0. The van der Waals surface area contributed by atoms with Crippen LogP contribution in [0.3, 0.4) is 0 Å². The van der Waals surface area contributed by atoms with Gasteiger partial charge in [-0.05, 0) is 36.4 Å². The van der Waals surface area contributed by atoms with E-state index in [9.17, 15) is 14.4 Å². The molecule has 0 unspecified atom stereocenters. The number of halogens is 1. The third kappa shape index (κ3) is 5.25. The summed E-state index contributed by atoms with van der Waals surface area (Å²) in [7, 11) is 1.54. The Morgan fingerprint density at radius 1 is 1.20 bits per heavy atom. The highest BCUT2D eigenvalue weighted by molar-refractivity contribution is 6.04. The van der Waals surface area contributed by atoms with E-state index in [1.54, 1.807) is 25.3 Å². The SMILES string of the molecule is COCCNC(=O)/C(C#N)=C/c1cn(CCOc2ccc(F)cc2)c2ccccc12. The van der Waals surface area contributed by atoms with Gasteiger partial charge in [-0.2, -0.15) is 5.26 Å². The maximum absolute atomic E-state index is 13.0. The second-order valence-electron chi connectivity index (χ2n) is 6.52. The minimum Gasteiger partial charge on any atom is -0.492 e. The molecule has 3 aromatic rings. The molecule has 0 bridgehead atoms. The third-order valence-corrected chi connectivity index (χ3v) is 4.49. The molecule has 154 valence electrons. The minimum absolute atomic E-state index is 0.0246. The fourth-order valence-corrected chi connectivity index (χ4v) is 3.03. The zero-order valence-corrected chi connectivity index (χ0v) is 16.6. The lowest BCUT2D eigenvalue weighted by Crippen LogP contribution is -2.27. The number of methoxy groups -OCH3 is 1. The first-order valence-corrected chi connectivity index (χ1v) is 9.47. The molecular formula is C23H22FN3O3. The predicted molar refractivity (Wildman–Crippen MR) is 112 cm³/mol. The van der Waals surface area contributed by atoms with Crippen molar-refractivity contribution in [3.63, 3.8) is 0 Å². The smallest absolute Gasteiger partial charge is 0.262 e. The zero-order valence-electron chi connectivity index (χ0n) is 16.6. The van der Waals surface area contributed by atoms with Crippen molar-refractivity contribution in [3.05, 3.63) is 71.7 Å².